The van der Waals surface area contributed by atoms with Crippen LogP contribution in [0.3, 0.4) is 0 Å². The molecule has 0 fully saturated rings. The molecule has 47 heavy (non-hydrogen) atoms. The third kappa shape index (κ3) is 12.2. The molecule has 4 aromatic rings. The molecular formula is C33H34F6N2O6. The lowest BCUT2D eigenvalue weighted by molar-refractivity contribution is -0.193. The summed E-state index contributed by atoms with van der Waals surface area (Å²) in [6.07, 6.45) is -9.11. The van der Waals surface area contributed by atoms with Gasteiger partial charge in [0.05, 0.1) is 5.41 Å². The first-order chi connectivity index (χ1) is 21.9. The van der Waals surface area contributed by atoms with Gasteiger partial charge in [-0.25, -0.2) is 9.59 Å². The third-order valence-electron chi connectivity index (χ3n) is 6.79. The van der Waals surface area contributed by atoms with E-state index >= 15 is 0 Å². The Morgan fingerprint density at radius 2 is 1.04 bits per heavy atom. The fourth-order valence-electron chi connectivity index (χ4n) is 4.39. The van der Waals surface area contributed by atoms with Crippen molar-refractivity contribution in [1.29, 1.82) is 0 Å². The molecule has 0 amide bonds. The first-order valence-electron chi connectivity index (χ1n) is 14.0. The number of fused-ring (bicyclic) bond motifs is 2. The van der Waals surface area contributed by atoms with Crippen molar-refractivity contribution in [3.05, 3.63) is 96.1 Å². The van der Waals surface area contributed by atoms with Crippen molar-refractivity contribution in [3.8, 4) is 0 Å². The zero-order chi connectivity index (χ0) is 35.4. The first-order valence-corrected chi connectivity index (χ1v) is 14.0. The molecule has 0 aliphatic heterocycles. The quantitative estimate of drug-likeness (QED) is 0.144. The predicted octanol–water partition coefficient (Wildman–Crippen LogP) is 6.09. The minimum absolute atomic E-state index is 0.216. The van der Waals surface area contributed by atoms with Gasteiger partial charge in [-0.15, -0.1) is 0 Å². The molecule has 0 spiro atoms. The molecule has 0 bridgehead atoms. The van der Waals surface area contributed by atoms with Gasteiger partial charge >= 0.3 is 30.3 Å². The second kappa shape index (κ2) is 16.7. The number of rotatable bonds is 9. The fourth-order valence-corrected chi connectivity index (χ4v) is 4.39. The van der Waals surface area contributed by atoms with Crippen LogP contribution in [0.25, 0.3) is 21.5 Å². The van der Waals surface area contributed by atoms with Crippen molar-refractivity contribution >= 4 is 39.5 Å². The molecule has 0 saturated heterocycles. The molecule has 0 unspecified atom stereocenters. The van der Waals surface area contributed by atoms with Gasteiger partial charge in [0.2, 0.25) is 0 Å². The number of alkyl halides is 6. The molecule has 0 aromatic heterocycles. The van der Waals surface area contributed by atoms with E-state index in [0.29, 0.717) is 26.0 Å². The highest BCUT2D eigenvalue weighted by Gasteiger charge is 2.40. The molecule has 4 N–H and O–H groups in total. The summed E-state index contributed by atoms with van der Waals surface area (Å²) in [4.78, 5) is 33.3. The summed E-state index contributed by atoms with van der Waals surface area (Å²) in [5, 5.41) is 18.9. The summed E-state index contributed by atoms with van der Waals surface area (Å²) in [6.45, 7) is 1.24. The number of aliphatic carboxylic acids is 2. The molecule has 0 heterocycles. The summed E-state index contributed by atoms with van der Waals surface area (Å²) in [7, 11) is 3.93. The van der Waals surface area contributed by atoms with Crippen molar-refractivity contribution in [1.82, 2.24) is 4.90 Å². The van der Waals surface area contributed by atoms with Crippen molar-refractivity contribution in [2.24, 2.45) is 11.1 Å². The van der Waals surface area contributed by atoms with E-state index in [0.717, 1.165) is 21.9 Å². The summed E-state index contributed by atoms with van der Waals surface area (Å²) in [5.41, 5.74) is 7.69. The second-order valence-electron chi connectivity index (χ2n) is 10.7. The topological polar surface area (TPSA) is 130 Å². The van der Waals surface area contributed by atoms with Crippen LogP contribution in [0.2, 0.25) is 0 Å². The number of carbonyl (C=O) groups excluding carboxylic acids is 1. The van der Waals surface area contributed by atoms with Gasteiger partial charge in [-0.3, -0.25) is 4.79 Å². The van der Waals surface area contributed by atoms with Crippen molar-refractivity contribution < 1.29 is 55.7 Å². The van der Waals surface area contributed by atoms with E-state index in [1.54, 1.807) is 0 Å². The Hall–Kier alpha value is -4.69. The molecule has 14 heteroatoms. The number of esters is 1. The van der Waals surface area contributed by atoms with Crippen LogP contribution in [0.1, 0.15) is 11.1 Å². The van der Waals surface area contributed by atoms with Gasteiger partial charge in [-0.1, -0.05) is 84.9 Å². The Balaban J connectivity index is 0.000000459. The minimum Gasteiger partial charge on any atom is -0.475 e. The number of likely N-dealkylation sites (N-methyl/N-ethyl adjacent to an activating group) is 1. The van der Waals surface area contributed by atoms with Gasteiger partial charge in [-0.2, -0.15) is 26.3 Å². The number of hydrogen-bond donors (Lipinski definition) is 3. The number of nitrogens with two attached hydrogens (primary N) is 1. The highest BCUT2D eigenvalue weighted by Crippen LogP contribution is 2.31. The maximum atomic E-state index is 13.5. The van der Waals surface area contributed by atoms with Crippen molar-refractivity contribution in [3.63, 3.8) is 0 Å². The Kier molecular flexibility index (Phi) is 13.7. The number of carboxylic acid groups (broad SMARTS) is 2. The lowest BCUT2D eigenvalue weighted by Crippen LogP contribution is -2.44. The minimum atomic E-state index is -5.08. The number of ether oxygens (including phenoxy) is 1. The summed E-state index contributed by atoms with van der Waals surface area (Å²) < 4.78 is 69.2. The molecule has 0 atom stereocenters. The Morgan fingerprint density at radius 3 is 1.36 bits per heavy atom. The molecule has 0 radical (unpaired) electrons. The van der Waals surface area contributed by atoms with Crippen molar-refractivity contribution in [2.45, 2.75) is 25.2 Å². The van der Waals surface area contributed by atoms with E-state index in [4.69, 9.17) is 30.3 Å². The summed E-state index contributed by atoms with van der Waals surface area (Å²) in [5.74, 6) is -5.74. The molecule has 4 aromatic carbocycles. The van der Waals surface area contributed by atoms with Gasteiger partial charge < -0.3 is 25.6 Å². The van der Waals surface area contributed by atoms with E-state index in [1.807, 2.05) is 43.3 Å². The van der Waals surface area contributed by atoms with E-state index in [-0.39, 0.29) is 12.5 Å². The van der Waals surface area contributed by atoms with Crippen LogP contribution in [0, 0.1) is 5.41 Å². The zero-order valence-corrected chi connectivity index (χ0v) is 25.4. The second-order valence-corrected chi connectivity index (χ2v) is 10.7. The van der Waals surface area contributed by atoms with E-state index in [1.165, 1.54) is 10.8 Å². The summed E-state index contributed by atoms with van der Waals surface area (Å²) in [6, 6.07) is 29.3. The van der Waals surface area contributed by atoms with Gasteiger partial charge in [0.1, 0.15) is 6.61 Å². The van der Waals surface area contributed by atoms with Gasteiger partial charge in [0.25, 0.3) is 0 Å². The lowest BCUT2D eigenvalue weighted by atomic mass is 9.76. The molecular weight excluding hydrogens is 634 g/mol. The SMILES string of the molecule is CN(C)CCOC(=O)C(CN)(Cc1ccc2ccccc2c1)Cc1ccc2ccccc2c1.O=C(O)C(F)(F)F.O=C(O)C(F)(F)F. The molecule has 0 aliphatic rings. The third-order valence-corrected chi connectivity index (χ3v) is 6.79. The van der Waals surface area contributed by atoms with E-state index in [9.17, 15) is 31.1 Å². The number of hydrogen-bond acceptors (Lipinski definition) is 6. The predicted molar refractivity (Wildman–Crippen MR) is 164 cm³/mol. The van der Waals surface area contributed by atoms with Gasteiger partial charge in [-0.05, 0) is 59.6 Å². The fraction of sp³-hybridized carbons (Fsp3) is 0.303. The Labute approximate surface area is 266 Å². The molecule has 254 valence electrons. The number of nitrogens with zero attached hydrogens (tertiary/aromatic N) is 1. The smallest absolute Gasteiger partial charge is 0.475 e. The lowest BCUT2D eigenvalue weighted by Gasteiger charge is -2.31. The monoisotopic (exact) mass is 668 g/mol. The van der Waals surface area contributed by atoms with Crippen LogP contribution in [0.5, 0.6) is 0 Å². The molecule has 0 aliphatic carbocycles. The number of halogens is 6. The summed E-state index contributed by atoms with van der Waals surface area (Å²) >= 11 is 0. The number of carbonyl (C=O) groups is 3. The van der Waals surface area contributed by atoms with E-state index in [2.05, 4.69) is 60.7 Å². The highest BCUT2D eigenvalue weighted by molar-refractivity contribution is 5.85. The van der Waals surface area contributed by atoms with Crippen LogP contribution in [0.4, 0.5) is 26.3 Å². The first kappa shape index (κ1) is 38.5. The normalized spacial score (nSPS) is 11.7. The van der Waals surface area contributed by atoms with Gasteiger partial charge in [0, 0.05) is 13.1 Å². The van der Waals surface area contributed by atoms with Crippen LogP contribution < -0.4 is 5.73 Å². The average Bonchev–Trinajstić information content (AvgIpc) is 3.00. The highest BCUT2D eigenvalue weighted by atomic mass is 19.4. The zero-order valence-electron chi connectivity index (χ0n) is 25.4. The van der Waals surface area contributed by atoms with Crippen LogP contribution in [0.15, 0.2) is 84.9 Å². The standard InChI is InChI=1S/C29H32N2O2.2C2HF3O2/c1-31(2)15-16-33-28(32)29(21-30,19-22-11-13-24-7-3-5-9-26(24)17-22)20-23-12-14-25-8-4-6-10-27(25)18-23;2*3-2(4,5)1(6)7/h3-14,17-18H,15-16,19-21,30H2,1-2H3;2*(H,6,7). The molecule has 0 saturated carbocycles. The Bertz CT molecular complexity index is 1550. The van der Waals surface area contributed by atoms with Crippen LogP contribution in [-0.4, -0.2) is 79.2 Å². The molecule has 4 rings (SSSR count). The Morgan fingerprint density at radius 1 is 0.681 bits per heavy atom. The average molecular weight is 669 g/mol. The largest absolute Gasteiger partial charge is 0.490 e. The maximum Gasteiger partial charge on any atom is 0.490 e. The van der Waals surface area contributed by atoms with Gasteiger partial charge in [0.15, 0.2) is 0 Å². The number of carboxylic acids is 2. The van der Waals surface area contributed by atoms with Crippen LogP contribution >= 0.6 is 0 Å². The van der Waals surface area contributed by atoms with Crippen molar-refractivity contribution in [2.75, 3.05) is 33.8 Å². The van der Waals surface area contributed by atoms with Crippen LogP contribution in [-0.2, 0) is 32.0 Å². The molecule has 8 nitrogen and oxygen atoms in total. The van der Waals surface area contributed by atoms with E-state index < -0.39 is 29.7 Å². The maximum absolute atomic E-state index is 13.5. The number of benzene rings is 4.